The monoisotopic (exact) mass is 343 g/mol. The summed E-state index contributed by atoms with van der Waals surface area (Å²) in [5, 5.41) is 2.95. The Kier molecular flexibility index (Phi) is 6.83. The molecule has 2 aromatic rings. The molecule has 5 nitrogen and oxygen atoms in total. The summed E-state index contributed by atoms with van der Waals surface area (Å²) in [7, 11) is 3.61. The fourth-order valence-electron chi connectivity index (χ4n) is 2.56. The van der Waals surface area contributed by atoms with Crippen LogP contribution in [0.25, 0.3) is 0 Å². The third kappa shape index (κ3) is 5.22. The van der Waals surface area contributed by atoms with Crippen LogP contribution >= 0.6 is 0 Å². The Hall–Kier alpha value is -2.53. The quantitative estimate of drug-likeness (QED) is 0.772. The lowest BCUT2D eigenvalue weighted by Crippen LogP contribution is -3.12. The molecule has 0 aliphatic rings. The molecule has 0 aliphatic heterocycles. The molecule has 0 spiro atoms. The molecule has 25 heavy (non-hydrogen) atoms. The fraction of sp³-hybridized carbons (Fsp3) is 0.350. The van der Waals surface area contributed by atoms with E-state index in [2.05, 4.69) is 5.32 Å². The van der Waals surface area contributed by atoms with E-state index in [0.717, 1.165) is 22.8 Å². The van der Waals surface area contributed by atoms with E-state index >= 15 is 0 Å². The third-order valence-electron chi connectivity index (χ3n) is 4.21. The van der Waals surface area contributed by atoms with Gasteiger partial charge in [-0.25, -0.2) is 0 Å². The van der Waals surface area contributed by atoms with Crippen LogP contribution in [0.5, 0.6) is 11.5 Å². The first-order chi connectivity index (χ1) is 12.0. The van der Waals surface area contributed by atoms with Gasteiger partial charge in [0.05, 0.1) is 26.5 Å². The number of carbonyl (C=O) groups is 1. The predicted molar refractivity (Wildman–Crippen MR) is 99.3 cm³/mol. The zero-order valence-corrected chi connectivity index (χ0v) is 15.3. The van der Waals surface area contributed by atoms with E-state index in [-0.39, 0.29) is 11.9 Å². The summed E-state index contributed by atoms with van der Waals surface area (Å²) in [6.45, 7) is 5.31. The van der Waals surface area contributed by atoms with Gasteiger partial charge in [0.2, 0.25) is 0 Å². The molecule has 0 saturated carbocycles. The maximum Gasteiger partial charge on any atom is 0.282 e. The minimum absolute atomic E-state index is 0.0343. The molecular formula is C20H27N2O3+. The van der Waals surface area contributed by atoms with Gasteiger partial charge in [0.25, 0.3) is 5.91 Å². The maximum absolute atomic E-state index is 12.5. The van der Waals surface area contributed by atoms with E-state index in [9.17, 15) is 4.79 Å². The predicted octanol–water partition coefficient (Wildman–Crippen LogP) is 2.14. The van der Waals surface area contributed by atoms with Gasteiger partial charge in [-0.2, -0.15) is 0 Å². The van der Waals surface area contributed by atoms with E-state index in [4.69, 9.17) is 9.47 Å². The summed E-state index contributed by atoms with van der Waals surface area (Å²) in [5.41, 5.74) is 1.86. The summed E-state index contributed by atoms with van der Waals surface area (Å²) in [4.78, 5) is 13.7. The van der Waals surface area contributed by atoms with Crippen LogP contribution in [0.4, 0.5) is 5.69 Å². The zero-order valence-electron chi connectivity index (χ0n) is 15.3. The van der Waals surface area contributed by atoms with Crippen LogP contribution in [0.2, 0.25) is 0 Å². The van der Waals surface area contributed by atoms with Gasteiger partial charge in [-0.3, -0.25) is 4.79 Å². The SMILES string of the molecule is CCOc1ccc(C[NH+](C)[C@@H](C)C(=O)Nc2ccccc2OC)cc1. The number of nitrogens with one attached hydrogen (secondary N) is 2. The van der Waals surface area contributed by atoms with Crippen molar-refractivity contribution in [2.75, 3.05) is 26.1 Å². The van der Waals surface area contributed by atoms with Crippen LogP contribution in [0.15, 0.2) is 48.5 Å². The molecule has 0 bridgehead atoms. The van der Waals surface area contributed by atoms with E-state index in [1.807, 2.05) is 69.4 Å². The van der Waals surface area contributed by atoms with Gasteiger partial charge in [-0.15, -0.1) is 0 Å². The number of quaternary nitrogens is 1. The Bertz CT molecular complexity index is 686. The van der Waals surface area contributed by atoms with Crippen molar-refractivity contribution in [2.24, 2.45) is 0 Å². The van der Waals surface area contributed by atoms with E-state index in [0.29, 0.717) is 18.0 Å². The zero-order chi connectivity index (χ0) is 18.2. The number of hydrogen-bond donors (Lipinski definition) is 2. The molecule has 5 heteroatoms. The van der Waals surface area contributed by atoms with Crippen molar-refractivity contribution in [3.63, 3.8) is 0 Å². The van der Waals surface area contributed by atoms with E-state index < -0.39 is 0 Å². The van der Waals surface area contributed by atoms with Crippen molar-refractivity contribution in [1.29, 1.82) is 0 Å². The minimum atomic E-state index is -0.198. The summed E-state index contributed by atoms with van der Waals surface area (Å²) in [6.07, 6.45) is 0. The largest absolute Gasteiger partial charge is 0.495 e. The Morgan fingerprint density at radius 1 is 1.16 bits per heavy atom. The number of para-hydroxylation sites is 2. The second-order valence-electron chi connectivity index (χ2n) is 6.01. The molecule has 0 aromatic heterocycles. The standard InChI is InChI=1S/C20H26N2O3/c1-5-25-17-12-10-16(11-13-17)14-22(3)15(2)20(23)21-18-8-6-7-9-19(18)24-4/h6-13,15H,5,14H2,1-4H3,(H,21,23)/p+1/t15-/m0/s1. The highest BCUT2D eigenvalue weighted by atomic mass is 16.5. The average Bonchev–Trinajstić information content (AvgIpc) is 2.63. The molecular weight excluding hydrogens is 316 g/mol. The molecule has 0 fully saturated rings. The smallest absolute Gasteiger partial charge is 0.282 e. The second-order valence-corrected chi connectivity index (χ2v) is 6.01. The highest BCUT2D eigenvalue weighted by Gasteiger charge is 2.22. The summed E-state index contributed by atoms with van der Waals surface area (Å²) < 4.78 is 10.7. The van der Waals surface area contributed by atoms with Crippen molar-refractivity contribution < 1.29 is 19.2 Å². The van der Waals surface area contributed by atoms with Crippen molar-refractivity contribution in [3.05, 3.63) is 54.1 Å². The first-order valence-electron chi connectivity index (χ1n) is 8.53. The molecule has 2 rings (SSSR count). The number of rotatable bonds is 8. The summed E-state index contributed by atoms with van der Waals surface area (Å²) >= 11 is 0. The normalized spacial score (nSPS) is 13.0. The number of benzene rings is 2. The second kappa shape index (κ2) is 9.08. The average molecular weight is 343 g/mol. The van der Waals surface area contributed by atoms with Crippen LogP contribution in [0.3, 0.4) is 0 Å². The fourth-order valence-corrected chi connectivity index (χ4v) is 2.56. The molecule has 1 amide bonds. The Labute approximate surface area is 149 Å². The molecule has 0 heterocycles. The van der Waals surface area contributed by atoms with Gasteiger partial charge in [-0.05, 0) is 50.2 Å². The first kappa shape index (κ1) is 18.8. The number of likely N-dealkylation sites (N-methyl/N-ethyl adjacent to an activating group) is 1. The van der Waals surface area contributed by atoms with Gasteiger partial charge >= 0.3 is 0 Å². The van der Waals surface area contributed by atoms with Gasteiger partial charge < -0.3 is 19.7 Å². The van der Waals surface area contributed by atoms with E-state index in [1.165, 1.54) is 0 Å². The van der Waals surface area contributed by atoms with Gasteiger partial charge in [-0.1, -0.05) is 12.1 Å². The highest BCUT2D eigenvalue weighted by molar-refractivity contribution is 5.94. The van der Waals surface area contributed by atoms with E-state index in [1.54, 1.807) is 7.11 Å². The molecule has 0 radical (unpaired) electrons. The number of methoxy groups -OCH3 is 1. The lowest BCUT2D eigenvalue weighted by atomic mass is 10.1. The van der Waals surface area contributed by atoms with Crippen molar-refractivity contribution >= 4 is 11.6 Å². The van der Waals surface area contributed by atoms with Crippen LogP contribution in [0.1, 0.15) is 19.4 Å². The van der Waals surface area contributed by atoms with Crippen molar-refractivity contribution in [2.45, 2.75) is 26.4 Å². The van der Waals surface area contributed by atoms with Crippen LogP contribution < -0.4 is 19.7 Å². The molecule has 2 N–H and O–H groups in total. The van der Waals surface area contributed by atoms with Gasteiger partial charge in [0.15, 0.2) is 6.04 Å². The van der Waals surface area contributed by atoms with Gasteiger partial charge in [0, 0.05) is 5.56 Å². The van der Waals surface area contributed by atoms with Crippen LogP contribution in [-0.2, 0) is 11.3 Å². The molecule has 0 saturated heterocycles. The highest BCUT2D eigenvalue weighted by Crippen LogP contribution is 2.22. The number of hydrogen-bond acceptors (Lipinski definition) is 3. The summed E-state index contributed by atoms with van der Waals surface area (Å²) in [5.74, 6) is 1.49. The minimum Gasteiger partial charge on any atom is -0.495 e. The van der Waals surface area contributed by atoms with Gasteiger partial charge in [0.1, 0.15) is 18.0 Å². The molecule has 0 aliphatic carbocycles. The molecule has 134 valence electrons. The van der Waals surface area contributed by atoms with Crippen LogP contribution in [0, 0.1) is 0 Å². The van der Waals surface area contributed by atoms with Crippen molar-refractivity contribution in [1.82, 2.24) is 0 Å². The number of carbonyl (C=O) groups excluding carboxylic acids is 1. The number of amides is 1. The topological polar surface area (TPSA) is 52.0 Å². The lowest BCUT2D eigenvalue weighted by molar-refractivity contribution is -0.907. The van der Waals surface area contributed by atoms with Crippen LogP contribution in [-0.4, -0.2) is 32.7 Å². The third-order valence-corrected chi connectivity index (χ3v) is 4.21. The Balaban J connectivity index is 1.96. The van der Waals surface area contributed by atoms with Crippen molar-refractivity contribution in [3.8, 4) is 11.5 Å². The summed E-state index contributed by atoms with van der Waals surface area (Å²) in [6, 6.07) is 15.2. The molecule has 2 atom stereocenters. The number of ether oxygens (including phenoxy) is 2. The Morgan fingerprint density at radius 3 is 2.48 bits per heavy atom. The Morgan fingerprint density at radius 2 is 1.84 bits per heavy atom. The lowest BCUT2D eigenvalue weighted by Gasteiger charge is -2.21. The first-order valence-corrected chi connectivity index (χ1v) is 8.53. The number of anilines is 1. The molecule has 2 aromatic carbocycles. The maximum atomic E-state index is 12.5. The molecule has 1 unspecified atom stereocenters.